The normalized spacial score (nSPS) is 18.4. The Hall–Kier alpha value is -1.37. The molecule has 1 aromatic heterocycles. The van der Waals surface area contributed by atoms with Gasteiger partial charge in [-0.15, -0.1) is 11.3 Å². The molecule has 1 aromatic rings. The molecule has 0 bridgehead atoms. The van der Waals surface area contributed by atoms with Gasteiger partial charge in [0.15, 0.2) is 5.96 Å². The summed E-state index contributed by atoms with van der Waals surface area (Å²) in [7, 11) is 0. The van der Waals surface area contributed by atoms with Crippen molar-refractivity contribution in [1.29, 1.82) is 0 Å². The first-order chi connectivity index (χ1) is 10.2. The van der Waals surface area contributed by atoms with Gasteiger partial charge in [0.2, 0.25) is 0 Å². The second-order valence-electron chi connectivity index (χ2n) is 5.22. The third-order valence-corrected chi connectivity index (χ3v) is 4.34. The van der Waals surface area contributed by atoms with Gasteiger partial charge in [0.1, 0.15) is 0 Å². The Kier molecular flexibility index (Phi) is 6.22. The standard InChI is InChI=1S/C15H24N4OS/c1-12(2)10-17-15(16)18-11-13(14-4-3-9-21-14)19-5-7-20-8-6-19/h3-4,9,13H,1,5-8,10-11H2,2H3,(H3,16,17,18). The topological polar surface area (TPSA) is 62.9 Å². The number of rotatable bonds is 6. The molecule has 21 heavy (non-hydrogen) atoms. The predicted molar refractivity (Wildman–Crippen MR) is 88.8 cm³/mol. The van der Waals surface area contributed by atoms with E-state index in [0.29, 0.717) is 19.0 Å². The number of nitrogens with zero attached hydrogens (tertiary/aromatic N) is 2. The number of nitrogens with two attached hydrogens (primary N) is 1. The van der Waals surface area contributed by atoms with Gasteiger partial charge in [-0.05, 0) is 18.4 Å². The van der Waals surface area contributed by atoms with E-state index in [1.165, 1.54) is 4.88 Å². The zero-order chi connectivity index (χ0) is 15.1. The van der Waals surface area contributed by atoms with Crippen molar-refractivity contribution in [2.45, 2.75) is 13.0 Å². The van der Waals surface area contributed by atoms with Crippen LogP contribution in [0.5, 0.6) is 0 Å². The maximum Gasteiger partial charge on any atom is 0.188 e. The first kappa shape index (κ1) is 16.0. The zero-order valence-electron chi connectivity index (χ0n) is 12.5. The SMILES string of the molecule is C=C(C)CNC(N)=NCC(c1cccs1)N1CCOCC1. The van der Waals surface area contributed by atoms with Gasteiger partial charge < -0.3 is 15.8 Å². The molecule has 1 atom stereocenters. The fourth-order valence-electron chi connectivity index (χ4n) is 2.24. The van der Waals surface area contributed by atoms with Crippen molar-refractivity contribution in [1.82, 2.24) is 10.2 Å². The molecular formula is C15H24N4OS. The lowest BCUT2D eigenvalue weighted by Crippen LogP contribution is -2.40. The van der Waals surface area contributed by atoms with Gasteiger partial charge in [-0.25, -0.2) is 0 Å². The quantitative estimate of drug-likeness (QED) is 0.476. The lowest BCUT2D eigenvalue weighted by molar-refractivity contribution is 0.0187. The lowest BCUT2D eigenvalue weighted by Gasteiger charge is -2.33. The van der Waals surface area contributed by atoms with Crippen LogP contribution in [0.4, 0.5) is 0 Å². The first-order valence-electron chi connectivity index (χ1n) is 7.20. The Morgan fingerprint density at radius 2 is 2.33 bits per heavy atom. The average Bonchev–Trinajstić information content (AvgIpc) is 3.00. The Morgan fingerprint density at radius 3 is 2.95 bits per heavy atom. The zero-order valence-corrected chi connectivity index (χ0v) is 13.4. The third-order valence-electron chi connectivity index (χ3n) is 3.36. The summed E-state index contributed by atoms with van der Waals surface area (Å²) in [5, 5.41) is 5.18. The van der Waals surface area contributed by atoms with Crippen molar-refractivity contribution >= 4 is 17.3 Å². The van der Waals surface area contributed by atoms with Crippen LogP contribution in [-0.2, 0) is 4.74 Å². The average molecular weight is 308 g/mol. The Morgan fingerprint density at radius 1 is 1.57 bits per heavy atom. The monoisotopic (exact) mass is 308 g/mol. The molecule has 1 saturated heterocycles. The summed E-state index contributed by atoms with van der Waals surface area (Å²) in [5.41, 5.74) is 6.95. The van der Waals surface area contributed by atoms with E-state index in [1.807, 2.05) is 6.92 Å². The summed E-state index contributed by atoms with van der Waals surface area (Å²) < 4.78 is 5.44. The van der Waals surface area contributed by atoms with E-state index in [2.05, 4.69) is 39.3 Å². The van der Waals surface area contributed by atoms with Gasteiger partial charge in [-0.3, -0.25) is 9.89 Å². The third kappa shape index (κ3) is 5.15. The highest BCUT2D eigenvalue weighted by Gasteiger charge is 2.23. The number of morpholine rings is 1. The van der Waals surface area contributed by atoms with Crippen LogP contribution in [0.2, 0.25) is 0 Å². The molecule has 3 N–H and O–H groups in total. The minimum Gasteiger partial charge on any atom is -0.379 e. The number of guanidine groups is 1. The maximum absolute atomic E-state index is 5.91. The summed E-state index contributed by atoms with van der Waals surface area (Å²) in [6.45, 7) is 10.6. The Balaban J connectivity index is 1.99. The smallest absolute Gasteiger partial charge is 0.188 e. The summed E-state index contributed by atoms with van der Waals surface area (Å²) >= 11 is 1.77. The van der Waals surface area contributed by atoms with Crippen LogP contribution in [0.3, 0.4) is 0 Å². The fourth-order valence-corrected chi connectivity index (χ4v) is 3.09. The molecule has 2 rings (SSSR count). The van der Waals surface area contributed by atoms with Gasteiger partial charge in [-0.1, -0.05) is 18.2 Å². The number of nitrogens with one attached hydrogen (secondary N) is 1. The second kappa shape index (κ2) is 8.17. The molecule has 0 saturated carbocycles. The first-order valence-corrected chi connectivity index (χ1v) is 8.08. The summed E-state index contributed by atoms with van der Waals surface area (Å²) in [5.74, 6) is 0.479. The molecule has 1 fully saturated rings. The van der Waals surface area contributed by atoms with E-state index in [0.717, 1.165) is 31.9 Å². The lowest BCUT2D eigenvalue weighted by atomic mass is 10.2. The molecule has 5 nitrogen and oxygen atoms in total. The molecule has 0 radical (unpaired) electrons. The highest BCUT2D eigenvalue weighted by Crippen LogP contribution is 2.26. The van der Waals surface area contributed by atoms with Crippen LogP contribution in [0.1, 0.15) is 17.8 Å². The van der Waals surface area contributed by atoms with E-state index in [-0.39, 0.29) is 6.04 Å². The molecular weight excluding hydrogens is 284 g/mol. The van der Waals surface area contributed by atoms with Crippen molar-refractivity contribution in [3.8, 4) is 0 Å². The van der Waals surface area contributed by atoms with E-state index in [1.54, 1.807) is 11.3 Å². The Bertz CT molecular complexity index is 466. The summed E-state index contributed by atoms with van der Waals surface area (Å²) in [6.07, 6.45) is 0. The van der Waals surface area contributed by atoms with E-state index in [9.17, 15) is 0 Å². The highest BCUT2D eigenvalue weighted by molar-refractivity contribution is 7.10. The van der Waals surface area contributed by atoms with Crippen molar-refractivity contribution in [2.75, 3.05) is 39.4 Å². The molecule has 2 heterocycles. The van der Waals surface area contributed by atoms with E-state index >= 15 is 0 Å². The van der Waals surface area contributed by atoms with Crippen LogP contribution < -0.4 is 11.1 Å². The van der Waals surface area contributed by atoms with Crippen LogP contribution in [-0.4, -0.2) is 50.3 Å². The van der Waals surface area contributed by atoms with Gasteiger partial charge in [0.05, 0.1) is 25.8 Å². The number of aliphatic imine (C=N–C) groups is 1. The van der Waals surface area contributed by atoms with Crippen LogP contribution in [0.15, 0.2) is 34.7 Å². The van der Waals surface area contributed by atoms with Crippen molar-refractivity contribution < 1.29 is 4.74 Å². The van der Waals surface area contributed by atoms with Crippen molar-refractivity contribution in [2.24, 2.45) is 10.7 Å². The highest BCUT2D eigenvalue weighted by atomic mass is 32.1. The van der Waals surface area contributed by atoms with Gasteiger partial charge in [0.25, 0.3) is 0 Å². The van der Waals surface area contributed by atoms with Gasteiger partial charge >= 0.3 is 0 Å². The van der Waals surface area contributed by atoms with E-state index in [4.69, 9.17) is 10.5 Å². The molecule has 0 amide bonds. The molecule has 0 spiro atoms. The molecule has 1 unspecified atom stereocenters. The molecule has 1 aliphatic rings. The van der Waals surface area contributed by atoms with Crippen LogP contribution in [0, 0.1) is 0 Å². The van der Waals surface area contributed by atoms with Crippen LogP contribution in [0.25, 0.3) is 0 Å². The van der Waals surface area contributed by atoms with Gasteiger partial charge in [0, 0.05) is 24.5 Å². The summed E-state index contributed by atoms with van der Waals surface area (Å²) in [6, 6.07) is 4.52. The summed E-state index contributed by atoms with van der Waals surface area (Å²) in [4.78, 5) is 8.24. The van der Waals surface area contributed by atoms with Crippen LogP contribution >= 0.6 is 11.3 Å². The fraction of sp³-hybridized carbons (Fsp3) is 0.533. The largest absolute Gasteiger partial charge is 0.379 e. The van der Waals surface area contributed by atoms with E-state index < -0.39 is 0 Å². The molecule has 116 valence electrons. The van der Waals surface area contributed by atoms with Gasteiger partial charge in [-0.2, -0.15) is 0 Å². The molecule has 0 aromatic carbocycles. The minimum atomic E-state index is 0.277. The molecule has 1 aliphatic heterocycles. The molecule has 0 aliphatic carbocycles. The maximum atomic E-state index is 5.91. The molecule has 6 heteroatoms. The predicted octanol–water partition coefficient (Wildman–Crippen LogP) is 1.60. The Labute approximate surface area is 130 Å². The number of hydrogen-bond acceptors (Lipinski definition) is 4. The van der Waals surface area contributed by atoms with Crippen molar-refractivity contribution in [3.63, 3.8) is 0 Å². The second-order valence-corrected chi connectivity index (χ2v) is 6.20. The number of hydrogen-bond donors (Lipinski definition) is 2. The van der Waals surface area contributed by atoms with Crippen molar-refractivity contribution in [3.05, 3.63) is 34.5 Å². The minimum absolute atomic E-state index is 0.277. The number of ether oxygens (including phenoxy) is 1. The number of thiophene rings is 1.